The third-order valence-electron chi connectivity index (χ3n) is 4.93. The number of carboxylic acid groups (broad SMARTS) is 1. The van der Waals surface area contributed by atoms with Crippen LogP contribution in [-0.4, -0.2) is 75.5 Å². The Hall–Kier alpha value is -2.60. The second kappa shape index (κ2) is 11.1. The highest BCUT2D eigenvalue weighted by atomic mass is 16.6. The molecule has 0 spiro atoms. The molecule has 0 aliphatic carbocycles. The molecule has 11 heteroatoms. The molecule has 0 saturated carbocycles. The number of pyridine rings is 1. The fourth-order valence-electron chi connectivity index (χ4n) is 3.06. The Bertz CT molecular complexity index is 781. The molecule has 1 aliphatic rings. The van der Waals surface area contributed by atoms with Crippen LogP contribution in [0.2, 0.25) is 0 Å². The normalized spacial score (nSPS) is 24.1. The van der Waals surface area contributed by atoms with Gasteiger partial charge in [0.25, 0.3) is 6.23 Å². The molecule has 11 nitrogen and oxygen atoms in total. The summed E-state index contributed by atoms with van der Waals surface area (Å²) in [5.74, 6) is -3.01. The van der Waals surface area contributed by atoms with Crippen molar-refractivity contribution in [3.05, 3.63) is 30.1 Å². The first-order valence-corrected chi connectivity index (χ1v) is 9.97. The van der Waals surface area contributed by atoms with Crippen molar-refractivity contribution >= 4 is 17.9 Å². The minimum Gasteiger partial charge on any atom is -0.477 e. The Morgan fingerprint density at radius 2 is 1.87 bits per heavy atom. The molecule has 1 fully saturated rings. The maximum absolute atomic E-state index is 11.9. The fraction of sp³-hybridized carbons (Fsp3) is 0.600. The molecule has 1 saturated heterocycles. The monoisotopic (exact) mass is 442 g/mol. The number of carbonyl (C=O) groups is 3. The lowest BCUT2D eigenvalue weighted by molar-refractivity contribution is -0.765. The number of carbonyl (C=O) groups excluding carboxylic acids is 2. The van der Waals surface area contributed by atoms with Gasteiger partial charge in [-0.3, -0.25) is 4.79 Å². The van der Waals surface area contributed by atoms with Crippen molar-refractivity contribution in [2.45, 2.75) is 69.9 Å². The number of rotatable bonds is 10. The molecule has 0 aromatic carbocycles. The molecule has 0 bridgehead atoms. The zero-order valence-electron chi connectivity index (χ0n) is 17.3. The second-order valence-electron chi connectivity index (χ2n) is 7.17. The van der Waals surface area contributed by atoms with Gasteiger partial charge in [-0.15, -0.1) is 0 Å². The van der Waals surface area contributed by atoms with Crippen LogP contribution in [0.1, 0.15) is 49.7 Å². The Kier molecular flexibility index (Phi) is 8.87. The van der Waals surface area contributed by atoms with Crippen LogP contribution in [0.3, 0.4) is 0 Å². The highest BCUT2D eigenvalue weighted by molar-refractivity contribution is 5.86. The van der Waals surface area contributed by atoms with E-state index in [1.165, 1.54) is 29.1 Å². The van der Waals surface area contributed by atoms with Crippen molar-refractivity contribution in [1.29, 1.82) is 0 Å². The number of carboxylic acids is 1. The third kappa shape index (κ3) is 6.44. The molecule has 1 aromatic rings. The van der Waals surface area contributed by atoms with Crippen molar-refractivity contribution < 1.29 is 53.6 Å². The van der Waals surface area contributed by atoms with Gasteiger partial charge in [0.05, 0.1) is 6.42 Å². The number of esters is 2. The van der Waals surface area contributed by atoms with Gasteiger partial charge in [-0.05, 0) is 18.9 Å². The average molecular weight is 442 g/mol. The molecule has 0 unspecified atom stereocenters. The van der Waals surface area contributed by atoms with E-state index in [9.17, 15) is 29.7 Å². The number of nitrogens with zero attached hydrogens (tertiary/aromatic N) is 1. The number of aromatic carboxylic acids is 1. The van der Waals surface area contributed by atoms with Gasteiger partial charge < -0.3 is 34.6 Å². The van der Waals surface area contributed by atoms with Gasteiger partial charge in [0.15, 0.2) is 24.6 Å². The van der Waals surface area contributed by atoms with E-state index in [4.69, 9.17) is 19.3 Å². The summed E-state index contributed by atoms with van der Waals surface area (Å²) in [6.45, 7) is 3.21. The quantitative estimate of drug-likeness (QED) is 0.269. The molecule has 2 rings (SSSR count). The van der Waals surface area contributed by atoms with E-state index in [1.807, 2.05) is 13.8 Å². The summed E-state index contributed by atoms with van der Waals surface area (Å²) in [6, 6.07) is 2.80. The molecule has 31 heavy (non-hydrogen) atoms. The Labute approximate surface area is 178 Å². The maximum atomic E-state index is 11.9. The van der Waals surface area contributed by atoms with Crippen LogP contribution in [0, 0.1) is 0 Å². The van der Waals surface area contributed by atoms with Crippen LogP contribution in [0.4, 0.5) is 0 Å². The number of ether oxygens (including phenoxy) is 3. The minimum absolute atomic E-state index is 0.0445. The Morgan fingerprint density at radius 3 is 2.48 bits per heavy atom. The summed E-state index contributed by atoms with van der Waals surface area (Å²) in [6.07, 6.45) is -3.84. The lowest BCUT2D eigenvalue weighted by atomic mass is 10.1. The van der Waals surface area contributed by atoms with Crippen molar-refractivity contribution in [2.75, 3.05) is 6.61 Å². The van der Waals surface area contributed by atoms with Gasteiger partial charge in [0.1, 0.15) is 30.5 Å². The SMILES string of the molecule is CCC(CC)OC(=O)[C@@H](O)CC(=O)OC[C@H]1O[C@@H]([n+]2cccc(C(=O)O)c2)[C@H](O)[C@@H]1O. The van der Waals surface area contributed by atoms with Crippen LogP contribution in [0.5, 0.6) is 0 Å². The predicted octanol–water partition coefficient (Wildman–Crippen LogP) is -0.682. The standard InChI is InChI=1S/C20H27NO10/c1-3-12(4-2)30-20(28)13(22)8-15(23)29-10-14-16(24)17(25)18(31-14)21-7-5-6-11(9-21)19(26)27/h5-7,9,12-14,16-18,22,24-25H,3-4,8,10H2,1-2H3/p+1/t13-,14+,16+,17+,18+/m0/s1. The van der Waals surface area contributed by atoms with Gasteiger partial charge in [-0.25, -0.2) is 9.59 Å². The molecule has 172 valence electrons. The minimum atomic E-state index is -1.69. The van der Waals surface area contributed by atoms with E-state index >= 15 is 0 Å². The summed E-state index contributed by atoms with van der Waals surface area (Å²) in [5, 5.41) is 39.3. The summed E-state index contributed by atoms with van der Waals surface area (Å²) < 4.78 is 16.9. The molecule has 1 aliphatic heterocycles. The van der Waals surface area contributed by atoms with Crippen molar-refractivity contribution in [3.63, 3.8) is 0 Å². The topological polar surface area (TPSA) is 164 Å². The van der Waals surface area contributed by atoms with E-state index in [1.54, 1.807) is 0 Å². The van der Waals surface area contributed by atoms with Crippen LogP contribution in [-0.2, 0) is 23.8 Å². The number of aliphatic hydroxyl groups excluding tert-OH is 3. The predicted molar refractivity (Wildman–Crippen MR) is 102 cm³/mol. The summed E-state index contributed by atoms with van der Waals surface area (Å²) >= 11 is 0. The average Bonchev–Trinajstić information content (AvgIpc) is 3.04. The first-order chi connectivity index (χ1) is 14.7. The molecule has 2 heterocycles. The van der Waals surface area contributed by atoms with Crippen LogP contribution < -0.4 is 4.57 Å². The third-order valence-corrected chi connectivity index (χ3v) is 4.93. The molecule has 0 amide bonds. The van der Waals surface area contributed by atoms with E-state index in [-0.39, 0.29) is 11.7 Å². The maximum Gasteiger partial charge on any atom is 0.341 e. The van der Waals surface area contributed by atoms with E-state index in [2.05, 4.69) is 0 Å². The zero-order chi connectivity index (χ0) is 23.1. The van der Waals surface area contributed by atoms with E-state index in [0.717, 1.165) is 0 Å². The first kappa shape index (κ1) is 24.7. The van der Waals surface area contributed by atoms with E-state index < -0.39 is 61.6 Å². The highest BCUT2D eigenvalue weighted by Gasteiger charge is 2.48. The second-order valence-corrected chi connectivity index (χ2v) is 7.17. The van der Waals surface area contributed by atoms with Crippen molar-refractivity contribution in [2.24, 2.45) is 0 Å². The van der Waals surface area contributed by atoms with Gasteiger partial charge in [0.2, 0.25) is 0 Å². The van der Waals surface area contributed by atoms with Crippen LogP contribution >= 0.6 is 0 Å². The lowest BCUT2D eigenvalue weighted by Crippen LogP contribution is -2.46. The van der Waals surface area contributed by atoms with Crippen molar-refractivity contribution in [3.8, 4) is 0 Å². The number of aromatic nitrogens is 1. The molecular formula is C20H28NO10+. The fourth-order valence-corrected chi connectivity index (χ4v) is 3.06. The van der Waals surface area contributed by atoms with E-state index in [0.29, 0.717) is 12.8 Å². The van der Waals surface area contributed by atoms with Gasteiger partial charge in [-0.2, -0.15) is 4.57 Å². The molecule has 5 atom stereocenters. The summed E-state index contributed by atoms with van der Waals surface area (Å²) in [5.41, 5.74) is -0.0445. The zero-order valence-corrected chi connectivity index (χ0v) is 17.3. The highest BCUT2D eigenvalue weighted by Crippen LogP contribution is 2.26. The van der Waals surface area contributed by atoms with Crippen LogP contribution in [0.15, 0.2) is 24.5 Å². The smallest absolute Gasteiger partial charge is 0.341 e. The van der Waals surface area contributed by atoms with Gasteiger partial charge in [-0.1, -0.05) is 13.8 Å². The number of hydrogen-bond donors (Lipinski definition) is 4. The largest absolute Gasteiger partial charge is 0.477 e. The number of aliphatic hydroxyl groups is 3. The molecule has 1 aromatic heterocycles. The summed E-state index contributed by atoms with van der Waals surface area (Å²) in [7, 11) is 0. The summed E-state index contributed by atoms with van der Waals surface area (Å²) in [4.78, 5) is 34.9. The molecular weight excluding hydrogens is 414 g/mol. The lowest BCUT2D eigenvalue weighted by Gasteiger charge is -2.17. The Balaban J connectivity index is 1.89. The first-order valence-electron chi connectivity index (χ1n) is 9.97. The number of hydrogen-bond acceptors (Lipinski definition) is 9. The molecule has 4 N–H and O–H groups in total. The van der Waals surface area contributed by atoms with Gasteiger partial charge in [0, 0.05) is 6.07 Å². The molecule has 0 radical (unpaired) electrons. The van der Waals surface area contributed by atoms with Crippen molar-refractivity contribution in [1.82, 2.24) is 0 Å². The Morgan fingerprint density at radius 1 is 1.19 bits per heavy atom. The van der Waals surface area contributed by atoms with Gasteiger partial charge >= 0.3 is 17.9 Å². The van der Waals surface area contributed by atoms with Crippen LogP contribution in [0.25, 0.3) is 0 Å².